The van der Waals surface area contributed by atoms with Gasteiger partial charge in [-0.2, -0.15) is 0 Å². The van der Waals surface area contributed by atoms with Gasteiger partial charge in [0.15, 0.2) is 0 Å². The summed E-state index contributed by atoms with van der Waals surface area (Å²) in [5.74, 6) is -1.85. The third-order valence-electron chi connectivity index (χ3n) is 2.18. The topological polar surface area (TPSA) is 83.8 Å². The second kappa shape index (κ2) is 9.84. The maximum Gasteiger partial charge on any atom is 0.331 e. The Labute approximate surface area is 101 Å². The number of carboxylic acid groups (broad SMARTS) is 1. The van der Waals surface area contributed by atoms with E-state index in [-0.39, 0.29) is 12.7 Å². The molecular weight excluding hydrogens is 224 g/mol. The quantitative estimate of drug-likeness (QED) is 0.365. The van der Waals surface area contributed by atoms with Gasteiger partial charge in [-0.05, 0) is 19.3 Å². The molecule has 1 unspecified atom stereocenters. The van der Waals surface area contributed by atoms with Crippen LogP contribution in [0.5, 0.6) is 0 Å². The maximum absolute atomic E-state index is 10.9. The first-order chi connectivity index (χ1) is 8.06. The van der Waals surface area contributed by atoms with Gasteiger partial charge in [-0.3, -0.25) is 0 Å². The highest BCUT2D eigenvalue weighted by atomic mass is 16.5. The Morgan fingerprint density at radius 3 is 2.47 bits per heavy atom. The van der Waals surface area contributed by atoms with Gasteiger partial charge >= 0.3 is 11.9 Å². The van der Waals surface area contributed by atoms with Crippen molar-refractivity contribution in [2.24, 2.45) is 0 Å². The summed E-state index contributed by atoms with van der Waals surface area (Å²) in [5, 5.41) is 17.8. The van der Waals surface area contributed by atoms with E-state index in [2.05, 4.69) is 6.92 Å². The van der Waals surface area contributed by atoms with Crippen molar-refractivity contribution in [3.05, 3.63) is 12.2 Å². The first kappa shape index (κ1) is 15.6. The summed E-state index contributed by atoms with van der Waals surface area (Å²) in [5.41, 5.74) is 0. The largest absolute Gasteiger partial charge is 0.478 e. The highest BCUT2D eigenvalue weighted by Gasteiger charge is 2.04. The molecule has 1 atom stereocenters. The average molecular weight is 244 g/mol. The fourth-order valence-electron chi connectivity index (χ4n) is 1.26. The van der Waals surface area contributed by atoms with Crippen LogP contribution in [0.2, 0.25) is 0 Å². The van der Waals surface area contributed by atoms with E-state index in [1.54, 1.807) is 0 Å². The van der Waals surface area contributed by atoms with Crippen molar-refractivity contribution in [3.8, 4) is 0 Å². The Balaban J connectivity index is 3.50. The first-order valence-corrected chi connectivity index (χ1v) is 5.82. The summed E-state index contributed by atoms with van der Waals surface area (Å²) < 4.78 is 4.75. The lowest BCUT2D eigenvalue weighted by Crippen LogP contribution is -2.09. The molecule has 0 aliphatic rings. The van der Waals surface area contributed by atoms with Gasteiger partial charge in [-0.25, -0.2) is 9.59 Å². The number of carbonyl (C=O) groups is 2. The highest BCUT2D eigenvalue weighted by Crippen LogP contribution is 2.06. The molecule has 0 aromatic heterocycles. The Morgan fingerprint density at radius 2 is 1.88 bits per heavy atom. The van der Waals surface area contributed by atoms with Crippen molar-refractivity contribution >= 4 is 11.9 Å². The van der Waals surface area contributed by atoms with Crippen LogP contribution < -0.4 is 0 Å². The monoisotopic (exact) mass is 244 g/mol. The van der Waals surface area contributed by atoms with Gasteiger partial charge in [0, 0.05) is 12.2 Å². The third kappa shape index (κ3) is 10.9. The van der Waals surface area contributed by atoms with Crippen LogP contribution in [0.4, 0.5) is 0 Å². The molecule has 0 aliphatic carbocycles. The van der Waals surface area contributed by atoms with Crippen LogP contribution in [-0.2, 0) is 14.3 Å². The van der Waals surface area contributed by atoms with E-state index in [0.717, 1.165) is 31.4 Å². The zero-order valence-corrected chi connectivity index (χ0v) is 10.1. The van der Waals surface area contributed by atoms with E-state index in [4.69, 9.17) is 9.84 Å². The second-order valence-electron chi connectivity index (χ2n) is 3.78. The molecule has 0 aromatic carbocycles. The van der Waals surface area contributed by atoms with Crippen molar-refractivity contribution in [1.82, 2.24) is 0 Å². The van der Waals surface area contributed by atoms with Crippen molar-refractivity contribution in [2.75, 3.05) is 6.61 Å². The molecule has 2 N–H and O–H groups in total. The fraction of sp³-hybridized carbons (Fsp3) is 0.667. The fourth-order valence-corrected chi connectivity index (χ4v) is 1.26. The second-order valence-corrected chi connectivity index (χ2v) is 3.78. The van der Waals surface area contributed by atoms with Crippen LogP contribution in [0, 0.1) is 0 Å². The summed E-state index contributed by atoms with van der Waals surface area (Å²) in [7, 11) is 0. The SMILES string of the molecule is CCCCC(O)CCCOC(=O)/C=C\C(=O)O. The maximum atomic E-state index is 10.9. The van der Waals surface area contributed by atoms with Gasteiger partial charge in [0.05, 0.1) is 12.7 Å². The predicted molar refractivity (Wildman–Crippen MR) is 62.5 cm³/mol. The Bertz CT molecular complexity index is 260. The van der Waals surface area contributed by atoms with Crippen LogP contribution in [0.3, 0.4) is 0 Å². The number of hydrogen-bond acceptors (Lipinski definition) is 4. The highest BCUT2D eigenvalue weighted by molar-refractivity contribution is 5.90. The van der Waals surface area contributed by atoms with Crippen LogP contribution in [0.25, 0.3) is 0 Å². The smallest absolute Gasteiger partial charge is 0.331 e. The van der Waals surface area contributed by atoms with E-state index >= 15 is 0 Å². The number of carbonyl (C=O) groups excluding carboxylic acids is 1. The van der Waals surface area contributed by atoms with Crippen LogP contribution in [-0.4, -0.2) is 34.9 Å². The molecule has 0 amide bonds. The molecular formula is C12H20O5. The Kier molecular flexibility index (Phi) is 9.05. The van der Waals surface area contributed by atoms with Gasteiger partial charge in [-0.15, -0.1) is 0 Å². The number of aliphatic carboxylic acids is 1. The predicted octanol–water partition coefficient (Wildman–Crippen LogP) is 1.50. The van der Waals surface area contributed by atoms with Crippen molar-refractivity contribution in [1.29, 1.82) is 0 Å². The lowest BCUT2D eigenvalue weighted by Gasteiger charge is -2.09. The minimum Gasteiger partial charge on any atom is -0.478 e. The van der Waals surface area contributed by atoms with E-state index in [1.807, 2.05) is 0 Å². The summed E-state index contributed by atoms with van der Waals surface area (Å²) in [6, 6.07) is 0. The van der Waals surface area contributed by atoms with E-state index in [0.29, 0.717) is 12.8 Å². The number of rotatable bonds is 9. The number of unbranched alkanes of at least 4 members (excludes halogenated alkanes) is 1. The third-order valence-corrected chi connectivity index (χ3v) is 2.18. The number of ether oxygens (including phenoxy) is 1. The summed E-state index contributed by atoms with van der Waals surface area (Å²) in [6.07, 6.45) is 5.24. The molecule has 0 aliphatic heterocycles. The molecule has 0 saturated heterocycles. The summed E-state index contributed by atoms with van der Waals surface area (Å²) in [6.45, 7) is 2.26. The van der Waals surface area contributed by atoms with Gasteiger partial charge in [-0.1, -0.05) is 19.8 Å². The number of carboxylic acids is 1. The number of esters is 1. The minimum atomic E-state index is -1.18. The van der Waals surface area contributed by atoms with Gasteiger partial charge in [0.2, 0.25) is 0 Å². The molecule has 0 rings (SSSR count). The molecule has 0 saturated carbocycles. The molecule has 5 heteroatoms. The molecule has 0 radical (unpaired) electrons. The Hall–Kier alpha value is -1.36. The van der Waals surface area contributed by atoms with Crippen molar-refractivity contribution in [2.45, 2.75) is 45.1 Å². The number of aliphatic hydroxyl groups excluding tert-OH is 1. The molecule has 5 nitrogen and oxygen atoms in total. The van der Waals surface area contributed by atoms with E-state index < -0.39 is 11.9 Å². The van der Waals surface area contributed by atoms with Crippen LogP contribution in [0.15, 0.2) is 12.2 Å². The van der Waals surface area contributed by atoms with Crippen LogP contribution >= 0.6 is 0 Å². The molecule has 17 heavy (non-hydrogen) atoms. The number of hydrogen-bond donors (Lipinski definition) is 2. The van der Waals surface area contributed by atoms with Gasteiger partial charge < -0.3 is 14.9 Å². The van der Waals surface area contributed by atoms with Gasteiger partial charge in [0.1, 0.15) is 0 Å². The molecule has 98 valence electrons. The van der Waals surface area contributed by atoms with Gasteiger partial charge in [0.25, 0.3) is 0 Å². The minimum absolute atomic E-state index is 0.200. The molecule has 0 fully saturated rings. The average Bonchev–Trinajstić information content (AvgIpc) is 2.29. The van der Waals surface area contributed by atoms with E-state index in [1.165, 1.54) is 0 Å². The Morgan fingerprint density at radius 1 is 1.24 bits per heavy atom. The summed E-state index contributed by atoms with van der Waals surface area (Å²) in [4.78, 5) is 21.0. The number of aliphatic hydroxyl groups is 1. The van der Waals surface area contributed by atoms with Crippen LogP contribution in [0.1, 0.15) is 39.0 Å². The molecule has 0 spiro atoms. The zero-order valence-electron chi connectivity index (χ0n) is 10.1. The molecule has 0 heterocycles. The lowest BCUT2D eigenvalue weighted by atomic mass is 10.1. The summed E-state index contributed by atoms with van der Waals surface area (Å²) >= 11 is 0. The molecule has 0 bridgehead atoms. The van der Waals surface area contributed by atoms with Crippen molar-refractivity contribution < 1.29 is 24.5 Å². The lowest BCUT2D eigenvalue weighted by molar-refractivity contribution is -0.139. The normalized spacial score (nSPS) is 12.6. The first-order valence-electron chi connectivity index (χ1n) is 5.82. The molecule has 0 aromatic rings. The standard InChI is InChI=1S/C12H20O5/c1-2-3-5-10(13)6-4-9-17-12(16)8-7-11(14)15/h7-8,10,13H,2-6,9H2,1H3,(H,14,15)/b8-7-. The van der Waals surface area contributed by atoms with E-state index in [9.17, 15) is 14.7 Å². The van der Waals surface area contributed by atoms with Crippen molar-refractivity contribution in [3.63, 3.8) is 0 Å². The zero-order chi connectivity index (χ0) is 13.1.